The van der Waals surface area contributed by atoms with Crippen LogP contribution in [0.25, 0.3) is 0 Å². The molecule has 1 N–H and O–H groups in total. The fourth-order valence-corrected chi connectivity index (χ4v) is 1.49. The third kappa shape index (κ3) is 2.08. The number of rotatable bonds is 3. The Labute approximate surface area is 88.4 Å². The molecule has 1 aliphatic rings. The number of halogens is 1. The van der Waals surface area contributed by atoms with E-state index in [9.17, 15) is 20.0 Å². The van der Waals surface area contributed by atoms with Gasteiger partial charge in [-0.25, -0.2) is 0 Å². The number of nitrogens with zero attached hydrogens (tertiary/aromatic N) is 1. The van der Waals surface area contributed by atoms with Gasteiger partial charge in [0.1, 0.15) is 0 Å². The molecule has 0 aromatic rings. The summed E-state index contributed by atoms with van der Waals surface area (Å²) in [6.07, 6.45) is 6.06. The molecule has 0 radical (unpaired) electrons. The topological polar surface area (TPSA) is 80.4 Å². The van der Waals surface area contributed by atoms with E-state index in [1.54, 1.807) is 12.2 Å². The van der Waals surface area contributed by atoms with E-state index in [0.717, 1.165) is 0 Å². The lowest BCUT2D eigenvalue weighted by Gasteiger charge is -2.22. The van der Waals surface area contributed by atoms with Crippen molar-refractivity contribution in [3.63, 3.8) is 0 Å². The minimum atomic E-state index is -1.75. The largest absolute Gasteiger partial charge is 0.377 e. The van der Waals surface area contributed by atoms with Crippen LogP contribution in [0, 0.1) is 10.1 Å². The summed E-state index contributed by atoms with van der Waals surface area (Å²) in [7, 11) is 0. The number of carbonyl (C=O) groups excluding carboxylic acids is 1. The molecule has 14 heavy (non-hydrogen) atoms. The molecular formula is C8H8BrNO4. The molecule has 0 fully saturated rings. The van der Waals surface area contributed by atoms with E-state index in [4.69, 9.17) is 0 Å². The lowest BCUT2D eigenvalue weighted by atomic mass is 9.91. The summed E-state index contributed by atoms with van der Waals surface area (Å²) in [6.45, 7) is 0. The maximum absolute atomic E-state index is 11.4. The van der Waals surface area contributed by atoms with Crippen LogP contribution >= 0.6 is 15.9 Å². The molecule has 0 bridgehead atoms. The van der Waals surface area contributed by atoms with Crippen molar-refractivity contribution in [1.82, 2.24) is 0 Å². The maximum Gasteiger partial charge on any atom is 0.326 e. The van der Waals surface area contributed by atoms with Crippen LogP contribution in [0.15, 0.2) is 24.3 Å². The van der Waals surface area contributed by atoms with Crippen LogP contribution in [0.3, 0.4) is 0 Å². The van der Waals surface area contributed by atoms with Crippen molar-refractivity contribution in [3.8, 4) is 0 Å². The molecule has 0 heterocycles. The van der Waals surface area contributed by atoms with Crippen LogP contribution in [0.1, 0.15) is 6.42 Å². The summed E-state index contributed by atoms with van der Waals surface area (Å²) < 4.78 is 0. The van der Waals surface area contributed by atoms with Gasteiger partial charge in [0.25, 0.3) is 5.78 Å². The fraction of sp³-hybridized carbons (Fsp3) is 0.375. The number of hydrogen-bond acceptors (Lipinski definition) is 4. The fourth-order valence-electron chi connectivity index (χ4n) is 1.09. The Morgan fingerprint density at radius 2 is 2.29 bits per heavy atom. The zero-order chi connectivity index (χ0) is 10.8. The lowest BCUT2D eigenvalue weighted by molar-refractivity contribution is -0.480. The molecule has 0 aromatic carbocycles. The summed E-state index contributed by atoms with van der Waals surface area (Å²) in [5.74, 6) is -0.858. The average Bonchev–Trinajstić information content (AvgIpc) is 2.16. The van der Waals surface area contributed by atoms with E-state index >= 15 is 0 Å². The van der Waals surface area contributed by atoms with E-state index in [1.807, 2.05) is 0 Å². The quantitative estimate of drug-likeness (QED) is 0.353. The van der Waals surface area contributed by atoms with Crippen molar-refractivity contribution < 1.29 is 14.8 Å². The standard InChI is InChI=1S/C8H8BrNO4/c9-7(10(13)14)6(11)8(12)4-2-1-3-5-8/h1-4,7,12H,5H2/t7-,8+/m1/s1. The van der Waals surface area contributed by atoms with Crippen molar-refractivity contribution in [2.75, 3.05) is 0 Å². The SMILES string of the molecule is O=C([C@H](Br)[N+](=O)[O-])[C@]1(O)C=CC=CC1. The zero-order valence-corrected chi connectivity index (χ0v) is 8.68. The van der Waals surface area contributed by atoms with Crippen molar-refractivity contribution in [2.24, 2.45) is 0 Å². The zero-order valence-electron chi connectivity index (χ0n) is 7.09. The van der Waals surface area contributed by atoms with Gasteiger partial charge in [-0.1, -0.05) is 18.2 Å². The lowest BCUT2D eigenvalue weighted by Crippen LogP contribution is -2.44. The molecule has 5 nitrogen and oxygen atoms in total. The highest BCUT2D eigenvalue weighted by Crippen LogP contribution is 2.22. The van der Waals surface area contributed by atoms with Crippen LogP contribution in [0.2, 0.25) is 0 Å². The Balaban J connectivity index is 2.83. The Bertz CT molecular complexity index is 325. The summed E-state index contributed by atoms with van der Waals surface area (Å²) in [5.41, 5.74) is -1.75. The van der Waals surface area contributed by atoms with E-state index < -0.39 is 21.3 Å². The van der Waals surface area contributed by atoms with Gasteiger partial charge in [0.05, 0.1) is 0 Å². The van der Waals surface area contributed by atoms with E-state index in [1.165, 1.54) is 12.2 Å². The summed E-state index contributed by atoms with van der Waals surface area (Å²) >= 11 is 2.61. The minimum Gasteiger partial charge on any atom is -0.377 e. The first-order valence-electron chi connectivity index (χ1n) is 3.86. The Morgan fingerprint density at radius 3 is 2.71 bits per heavy atom. The number of hydrogen-bond donors (Lipinski definition) is 1. The van der Waals surface area contributed by atoms with Crippen molar-refractivity contribution in [1.29, 1.82) is 0 Å². The molecule has 0 spiro atoms. The van der Waals surface area contributed by atoms with Gasteiger partial charge in [-0.05, 0) is 6.08 Å². The van der Waals surface area contributed by atoms with Gasteiger partial charge in [-0.3, -0.25) is 14.9 Å². The van der Waals surface area contributed by atoms with Crippen LogP contribution in [0.4, 0.5) is 0 Å². The molecule has 0 aliphatic heterocycles. The van der Waals surface area contributed by atoms with Crippen LogP contribution in [0.5, 0.6) is 0 Å². The molecule has 0 aromatic heterocycles. The van der Waals surface area contributed by atoms with E-state index in [0.29, 0.717) is 0 Å². The molecule has 0 saturated carbocycles. The van der Waals surface area contributed by atoms with Gasteiger partial charge in [0.2, 0.25) is 0 Å². The molecule has 0 amide bonds. The number of aliphatic hydroxyl groups is 1. The Kier molecular flexibility index (Phi) is 3.17. The first-order valence-corrected chi connectivity index (χ1v) is 4.77. The number of carbonyl (C=O) groups is 1. The Morgan fingerprint density at radius 1 is 1.64 bits per heavy atom. The summed E-state index contributed by atoms with van der Waals surface area (Å²) in [5, 5.41) is 20.0. The van der Waals surface area contributed by atoms with E-state index in [2.05, 4.69) is 15.9 Å². The molecule has 1 aliphatic carbocycles. The molecule has 0 unspecified atom stereocenters. The molecule has 0 saturated heterocycles. The van der Waals surface area contributed by atoms with Gasteiger partial charge >= 0.3 is 4.95 Å². The first kappa shape index (κ1) is 11.1. The molecule has 6 heteroatoms. The summed E-state index contributed by atoms with van der Waals surface area (Å²) in [6, 6.07) is 0. The second-order valence-corrected chi connectivity index (χ2v) is 3.77. The molecule has 76 valence electrons. The monoisotopic (exact) mass is 261 g/mol. The molecular weight excluding hydrogens is 254 g/mol. The highest BCUT2D eigenvalue weighted by molar-refractivity contribution is 9.09. The van der Waals surface area contributed by atoms with Crippen LogP contribution < -0.4 is 0 Å². The normalized spacial score (nSPS) is 27.3. The van der Waals surface area contributed by atoms with Gasteiger partial charge in [-0.15, -0.1) is 0 Å². The van der Waals surface area contributed by atoms with Crippen LogP contribution in [-0.4, -0.2) is 26.4 Å². The van der Waals surface area contributed by atoms with Crippen LogP contribution in [-0.2, 0) is 4.79 Å². The highest BCUT2D eigenvalue weighted by atomic mass is 79.9. The number of allylic oxidation sites excluding steroid dienone is 2. The maximum atomic E-state index is 11.4. The second kappa shape index (κ2) is 4.02. The van der Waals surface area contributed by atoms with Crippen molar-refractivity contribution >= 4 is 21.7 Å². The molecule has 1 rings (SSSR count). The van der Waals surface area contributed by atoms with E-state index in [-0.39, 0.29) is 6.42 Å². The Hall–Kier alpha value is -1.01. The summed E-state index contributed by atoms with van der Waals surface area (Å²) in [4.78, 5) is 19.4. The molecule has 2 atom stereocenters. The van der Waals surface area contributed by atoms with Crippen molar-refractivity contribution in [2.45, 2.75) is 17.0 Å². The van der Waals surface area contributed by atoms with Gasteiger partial charge < -0.3 is 5.11 Å². The number of alkyl halides is 1. The van der Waals surface area contributed by atoms with Crippen molar-refractivity contribution in [3.05, 3.63) is 34.4 Å². The smallest absolute Gasteiger partial charge is 0.326 e. The number of Topliss-reactive ketones (excluding diaryl/α,β-unsaturated/α-hetero) is 1. The first-order chi connectivity index (χ1) is 6.47. The minimum absolute atomic E-state index is 0.0677. The number of nitro groups is 1. The second-order valence-electron chi connectivity index (χ2n) is 2.90. The third-order valence-electron chi connectivity index (χ3n) is 1.88. The van der Waals surface area contributed by atoms with Gasteiger partial charge in [0, 0.05) is 27.3 Å². The average molecular weight is 262 g/mol. The van der Waals surface area contributed by atoms with Gasteiger partial charge in [-0.2, -0.15) is 0 Å². The highest BCUT2D eigenvalue weighted by Gasteiger charge is 2.42. The predicted octanol–water partition coefficient (Wildman–Crippen LogP) is 0.800. The third-order valence-corrected chi connectivity index (χ3v) is 2.63. The number of ketones is 1. The van der Waals surface area contributed by atoms with Gasteiger partial charge in [0.15, 0.2) is 5.60 Å². The predicted molar refractivity (Wildman–Crippen MR) is 52.6 cm³/mol.